The van der Waals surface area contributed by atoms with E-state index in [1.807, 2.05) is 36.4 Å². The lowest BCUT2D eigenvalue weighted by atomic mass is 10.1. The quantitative estimate of drug-likeness (QED) is 0.670. The summed E-state index contributed by atoms with van der Waals surface area (Å²) in [7, 11) is 0. The van der Waals surface area contributed by atoms with Crippen LogP contribution >= 0.6 is 27.5 Å². The van der Waals surface area contributed by atoms with E-state index in [9.17, 15) is 0 Å². The first kappa shape index (κ1) is 13.4. The van der Waals surface area contributed by atoms with Crippen molar-refractivity contribution in [3.05, 3.63) is 58.1 Å². The highest BCUT2D eigenvalue weighted by Gasteiger charge is 2.05. The second-order valence-corrected chi connectivity index (χ2v) is 5.07. The Balaban J connectivity index is 2.26. The lowest BCUT2D eigenvalue weighted by Gasteiger charge is -2.11. The van der Waals surface area contributed by atoms with Crippen molar-refractivity contribution in [3.8, 4) is 11.5 Å². The zero-order valence-corrected chi connectivity index (χ0v) is 12.5. The van der Waals surface area contributed by atoms with Gasteiger partial charge in [0.15, 0.2) is 0 Å². The third-order valence-corrected chi connectivity index (χ3v) is 3.78. The molecule has 0 atom stereocenters. The minimum absolute atomic E-state index is 0.492. The van der Waals surface area contributed by atoms with Crippen molar-refractivity contribution >= 4 is 27.5 Å². The number of alkyl halides is 1. The first-order valence-corrected chi connectivity index (χ1v) is 7.17. The third kappa shape index (κ3) is 3.06. The van der Waals surface area contributed by atoms with Gasteiger partial charge < -0.3 is 4.74 Å². The molecular weight excluding hydrogens is 312 g/mol. The second kappa shape index (κ2) is 6.26. The zero-order chi connectivity index (χ0) is 13.0. The number of ether oxygens (including phenoxy) is 1. The van der Waals surface area contributed by atoms with Gasteiger partial charge in [0.05, 0.1) is 0 Å². The molecule has 0 fully saturated rings. The minimum Gasteiger partial charge on any atom is -0.457 e. The van der Waals surface area contributed by atoms with Crippen molar-refractivity contribution in [3.63, 3.8) is 0 Å². The Morgan fingerprint density at radius 1 is 1.11 bits per heavy atom. The summed E-state index contributed by atoms with van der Waals surface area (Å²) in [5.74, 6) is 2.22. The molecule has 0 amide bonds. The van der Waals surface area contributed by atoms with Crippen molar-refractivity contribution in [2.24, 2.45) is 0 Å². The molecular formula is C15H14BrClO. The van der Waals surface area contributed by atoms with Crippen molar-refractivity contribution in [1.82, 2.24) is 0 Å². The van der Waals surface area contributed by atoms with Gasteiger partial charge in [0.2, 0.25) is 0 Å². The minimum atomic E-state index is 0.492. The summed E-state index contributed by atoms with van der Waals surface area (Å²) in [5, 5.41) is 0. The van der Waals surface area contributed by atoms with Crippen LogP contribution in [0.4, 0.5) is 0 Å². The molecule has 0 N–H and O–H groups in total. The van der Waals surface area contributed by atoms with E-state index >= 15 is 0 Å². The van der Waals surface area contributed by atoms with E-state index in [4.69, 9.17) is 16.3 Å². The highest BCUT2D eigenvalue weighted by atomic mass is 79.9. The maximum atomic E-state index is 5.91. The van der Waals surface area contributed by atoms with Gasteiger partial charge in [0, 0.05) is 10.4 Å². The van der Waals surface area contributed by atoms with Gasteiger partial charge in [-0.05, 0) is 35.7 Å². The van der Waals surface area contributed by atoms with Gasteiger partial charge in [-0.15, -0.1) is 11.6 Å². The van der Waals surface area contributed by atoms with Crippen molar-refractivity contribution in [2.45, 2.75) is 19.2 Å². The van der Waals surface area contributed by atoms with Crippen LogP contribution in [0.2, 0.25) is 0 Å². The van der Waals surface area contributed by atoms with E-state index in [1.54, 1.807) is 0 Å². The number of hydrogen-bond acceptors (Lipinski definition) is 1. The van der Waals surface area contributed by atoms with Crippen molar-refractivity contribution in [2.75, 3.05) is 0 Å². The van der Waals surface area contributed by atoms with E-state index in [-0.39, 0.29) is 0 Å². The Kier molecular flexibility index (Phi) is 4.67. The van der Waals surface area contributed by atoms with E-state index in [1.165, 1.54) is 5.56 Å². The molecule has 0 heterocycles. The molecule has 1 nitrogen and oxygen atoms in total. The van der Waals surface area contributed by atoms with Gasteiger partial charge in [-0.3, -0.25) is 0 Å². The Hall–Kier alpha value is -0.990. The number of hydrogen-bond donors (Lipinski definition) is 0. The molecule has 0 bridgehead atoms. The largest absolute Gasteiger partial charge is 0.457 e. The molecule has 0 unspecified atom stereocenters. The van der Waals surface area contributed by atoms with Crippen molar-refractivity contribution < 1.29 is 4.74 Å². The molecule has 2 aromatic rings. The number of para-hydroxylation sites is 1. The number of rotatable bonds is 4. The van der Waals surface area contributed by atoms with Crippen LogP contribution < -0.4 is 4.74 Å². The highest BCUT2D eigenvalue weighted by molar-refractivity contribution is 9.10. The lowest BCUT2D eigenvalue weighted by molar-refractivity contribution is 0.476. The number of benzene rings is 2. The first-order valence-electron chi connectivity index (χ1n) is 5.84. The highest BCUT2D eigenvalue weighted by Crippen LogP contribution is 2.29. The van der Waals surface area contributed by atoms with Crippen LogP contribution in [0.5, 0.6) is 11.5 Å². The summed E-state index contributed by atoms with van der Waals surface area (Å²) in [6.07, 6.45) is 0.955. The van der Waals surface area contributed by atoms with Crippen LogP contribution in [0.15, 0.2) is 46.9 Å². The predicted octanol–water partition coefficient (Wildman–Crippen LogP) is 5.54. The van der Waals surface area contributed by atoms with E-state index < -0.39 is 0 Å². The Morgan fingerprint density at radius 3 is 2.56 bits per heavy atom. The molecule has 0 aliphatic heterocycles. The molecule has 3 heteroatoms. The monoisotopic (exact) mass is 324 g/mol. The normalized spacial score (nSPS) is 10.4. The van der Waals surface area contributed by atoms with E-state index in [2.05, 4.69) is 28.9 Å². The zero-order valence-electron chi connectivity index (χ0n) is 10.1. The Morgan fingerprint density at radius 2 is 1.89 bits per heavy atom. The van der Waals surface area contributed by atoms with Gasteiger partial charge in [0.25, 0.3) is 0 Å². The van der Waals surface area contributed by atoms with Gasteiger partial charge in [-0.1, -0.05) is 47.1 Å². The molecule has 0 aliphatic carbocycles. The molecule has 0 aliphatic rings. The van der Waals surface area contributed by atoms with Crippen LogP contribution in [-0.2, 0) is 12.3 Å². The van der Waals surface area contributed by atoms with Crippen LogP contribution in [-0.4, -0.2) is 0 Å². The summed E-state index contributed by atoms with van der Waals surface area (Å²) in [6.45, 7) is 2.12. The third-order valence-electron chi connectivity index (χ3n) is 2.75. The smallest absolute Gasteiger partial charge is 0.130 e. The molecule has 94 valence electrons. The predicted molar refractivity (Wildman–Crippen MR) is 79.6 cm³/mol. The number of halogens is 2. The van der Waals surface area contributed by atoms with Crippen molar-refractivity contribution in [1.29, 1.82) is 0 Å². The topological polar surface area (TPSA) is 9.23 Å². The van der Waals surface area contributed by atoms with Gasteiger partial charge in [-0.2, -0.15) is 0 Å². The maximum absolute atomic E-state index is 5.91. The summed E-state index contributed by atoms with van der Waals surface area (Å²) >= 11 is 9.31. The van der Waals surface area contributed by atoms with Crippen LogP contribution in [0.1, 0.15) is 18.1 Å². The standard InChI is InChI=1S/C15H14BrClO/c1-2-11-5-3-4-6-15(11)18-13-8-7-12(10-17)14(16)9-13/h3-9H,2,10H2,1H3. The number of aryl methyl sites for hydroxylation is 1. The molecule has 18 heavy (non-hydrogen) atoms. The maximum Gasteiger partial charge on any atom is 0.130 e. The summed E-state index contributed by atoms with van der Waals surface area (Å²) in [5.41, 5.74) is 2.27. The first-order chi connectivity index (χ1) is 8.74. The average Bonchev–Trinajstić information content (AvgIpc) is 2.39. The summed E-state index contributed by atoms with van der Waals surface area (Å²) in [4.78, 5) is 0. The molecule has 2 rings (SSSR count). The fraction of sp³-hybridized carbons (Fsp3) is 0.200. The van der Waals surface area contributed by atoms with Crippen LogP contribution in [0.25, 0.3) is 0 Å². The Bertz CT molecular complexity index is 540. The SMILES string of the molecule is CCc1ccccc1Oc1ccc(CCl)c(Br)c1. The molecule has 0 saturated carbocycles. The van der Waals surface area contributed by atoms with Crippen LogP contribution in [0.3, 0.4) is 0 Å². The molecule has 0 radical (unpaired) electrons. The van der Waals surface area contributed by atoms with Crippen LogP contribution in [0, 0.1) is 0 Å². The second-order valence-electron chi connectivity index (χ2n) is 3.95. The van der Waals surface area contributed by atoms with Gasteiger partial charge in [-0.25, -0.2) is 0 Å². The van der Waals surface area contributed by atoms with E-state index in [0.29, 0.717) is 5.88 Å². The average molecular weight is 326 g/mol. The molecule has 0 saturated heterocycles. The van der Waals surface area contributed by atoms with Gasteiger partial charge >= 0.3 is 0 Å². The fourth-order valence-corrected chi connectivity index (χ4v) is 2.61. The lowest BCUT2D eigenvalue weighted by Crippen LogP contribution is -1.91. The van der Waals surface area contributed by atoms with Gasteiger partial charge in [0.1, 0.15) is 11.5 Å². The molecule has 0 aromatic heterocycles. The summed E-state index contributed by atoms with van der Waals surface area (Å²) < 4.78 is 6.88. The molecule has 2 aromatic carbocycles. The molecule has 0 spiro atoms. The summed E-state index contributed by atoms with van der Waals surface area (Å²) in [6, 6.07) is 13.9. The Labute approximate surface area is 121 Å². The fourth-order valence-electron chi connectivity index (χ4n) is 1.72. The van der Waals surface area contributed by atoms with E-state index in [0.717, 1.165) is 28.0 Å².